The van der Waals surface area contributed by atoms with Gasteiger partial charge in [0.05, 0.1) is 0 Å². The van der Waals surface area contributed by atoms with Crippen molar-refractivity contribution in [1.82, 2.24) is 5.32 Å². The predicted molar refractivity (Wildman–Crippen MR) is 77.7 cm³/mol. The first-order chi connectivity index (χ1) is 8.19. The van der Waals surface area contributed by atoms with Gasteiger partial charge in [0, 0.05) is 23.1 Å². The van der Waals surface area contributed by atoms with Gasteiger partial charge in [0.1, 0.15) is 0 Å². The SMILES string of the molecule is CCc1ccc(C(C)NC2CSC(C)C2)cc1. The Hall–Kier alpha value is -0.470. The number of rotatable bonds is 4. The molecular formula is C15H23NS. The number of hydrogen-bond acceptors (Lipinski definition) is 2. The minimum absolute atomic E-state index is 0.469. The average molecular weight is 249 g/mol. The van der Waals surface area contributed by atoms with Gasteiger partial charge in [0.25, 0.3) is 0 Å². The molecule has 0 amide bonds. The molecule has 17 heavy (non-hydrogen) atoms. The van der Waals surface area contributed by atoms with Crippen molar-refractivity contribution in [2.75, 3.05) is 5.75 Å². The van der Waals surface area contributed by atoms with Gasteiger partial charge in [0.15, 0.2) is 0 Å². The van der Waals surface area contributed by atoms with Gasteiger partial charge in [-0.3, -0.25) is 0 Å². The molecule has 1 aromatic rings. The van der Waals surface area contributed by atoms with Crippen LogP contribution in [0.25, 0.3) is 0 Å². The summed E-state index contributed by atoms with van der Waals surface area (Å²) in [6.45, 7) is 6.80. The standard InChI is InChI=1S/C15H23NS/c1-4-13-5-7-14(8-6-13)12(3)16-15-9-11(2)17-10-15/h5-8,11-12,15-16H,4,9-10H2,1-3H3. The molecule has 1 aromatic carbocycles. The molecule has 1 fully saturated rings. The molecule has 1 aliphatic heterocycles. The summed E-state index contributed by atoms with van der Waals surface area (Å²) >= 11 is 2.09. The van der Waals surface area contributed by atoms with Gasteiger partial charge in [-0.05, 0) is 30.9 Å². The summed E-state index contributed by atoms with van der Waals surface area (Å²) in [4.78, 5) is 0. The van der Waals surface area contributed by atoms with Crippen molar-refractivity contribution in [2.45, 2.75) is 50.9 Å². The normalized spacial score (nSPS) is 26.1. The highest BCUT2D eigenvalue weighted by Crippen LogP contribution is 2.27. The lowest BCUT2D eigenvalue weighted by atomic mass is 10.0. The molecule has 94 valence electrons. The number of aryl methyl sites for hydroxylation is 1. The zero-order valence-corrected chi connectivity index (χ0v) is 11.9. The van der Waals surface area contributed by atoms with Crippen LogP contribution in [0, 0.1) is 0 Å². The molecular weight excluding hydrogens is 226 g/mol. The Kier molecular flexibility index (Phi) is 4.52. The zero-order valence-electron chi connectivity index (χ0n) is 11.1. The van der Waals surface area contributed by atoms with Crippen LogP contribution in [0.1, 0.15) is 44.4 Å². The van der Waals surface area contributed by atoms with E-state index in [1.807, 2.05) is 0 Å². The number of thioether (sulfide) groups is 1. The summed E-state index contributed by atoms with van der Waals surface area (Å²) in [7, 11) is 0. The lowest BCUT2D eigenvalue weighted by Gasteiger charge is -2.19. The van der Waals surface area contributed by atoms with Crippen LogP contribution in [0.5, 0.6) is 0 Å². The van der Waals surface area contributed by atoms with Crippen molar-refractivity contribution in [2.24, 2.45) is 0 Å². The second-order valence-corrected chi connectivity index (χ2v) is 6.53. The van der Waals surface area contributed by atoms with Crippen LogP contribution in [0.2, 0.25) is 0 Å². The van der Waals surface area contributed by atoms with E-state index >= 15 is 0 Å². The van der Waals surface area contributed by atoms with E-state index in [-0.39, 0.29) is 0 Å². The summed E-state index contributed by atoms with van der Waals surface area (Å²) in [6, 6.07) is 10.2. The van der Waals surface area contributed by atoms with E-state index in [0.29, 0.717) is 12.1 Å². The third-order valence-corrected chi connectivity index (χ3v) is 4.93. The van der Waals surface area contributed by atoms with Gasteiger partial charge in [-0.25, -0.2) is 0 Å². The van der Waals surface area contributed by atoms with Gasteiger partial charge in [0.2, 0.25) is 0 Å². The first kappa shape index (κ1) is 13.0. The van der Waals surface area contributed by atoms with Crippen molar-refractivity contribution in [3.63, 3.8) is 0 Å². The van der Waals surface area contributed by atoms with Crippen molar-refractivity contribution >= 4 is 11.8 Å². The summed E-state index contributed by atoms with van der Waals surface area (Å²) in [5.74, 6) is 1.26. The highest BCUT2D eigenvalue weighted by atomic mass is 32.2. The fourth-order valence-corrected chi connectivity index (χ4v) is 3.59. The monoisotopic (exact) mass is 249 g/mol. The van der Waals surface area contributed by atoms with Gasteiger partial charge < -0.3 is 5.32 Å². The Bertz CT molecular complexity index is 346. The van der Waals surface area contributed by atoms with Crippen LogP contribution >= 0.6 is 11.8 Å². The number of hydrogen-bond donors (Lipinski definition) is 1. The third-order valence-electron chi connectivity index (χ3n) is 3.57. The Morgan fingerprint density at radius 1 is 1.35 bits per heavy atom. The smallest absolute Gasteiger partial charge is 0.0294 e. The molecule has 3 unspecified atom stereocenters. The zero-order chi connectivity index (χ0) is 12.3. The van der Waals surface area contributed by atoms with E-state index in [4.69, 9.17) is 0 Å². The molecule has 0 bridgehead atoms. The highest BCUT2D eigenvalue weighted by Gasteiger charge is 2.23. The minimum atomic E-state index is 0.469. The maximum Gasteiger partial charge on any atom is 0.0294 e. The van der Waals surface area contributed by atoms with Crippen molar-refractivity contribution < 1.29 is 0 Å². The van der Waals surface area contributed by atoms with Gasteiger partial charge in [-0.2, -0.15) is 11.8 Å². The Balaban J connectivity index is 1.92. The second kappa shape index (κ2) is 5.92. The largest absolute Gasteiger partial charge is 0.307 e. The maximum atomic E-state index is 3.74. The Morgan fingerprint density at radius 3 is 2.59 bits per heavy atom. The first-order valence-corrected chi connectivity index (χ1v) is 7.70. The Labute approximate surface area is 109 Å². The van der Waals surface area contributed by atoms with Crippen molar-refractivity contribution in [1.29, 1.82) is 0 Å². The maximum absolute atomic E-state index is 3.74. The minimum Gasteiger partial charge on any atom is -0.307 e. The van der Waals surface area contributed by atoms with E-state index in [1.165, 1.54) is 23.3 Å². The van der Waals surface area contributed by atoms with Crippen LogP contribution in [-0.2, 0) is 6.42 Å². The van der Waals surface area contributed by atoms with Gasteiger partial charge in [-0.1, -0.05) is 38.1 Å². The van der Waals surface area contributed by atoms with E-state index in [1.54, 1.807) is 0 Å². The molecule has 1 aliphatic rings. The van der Waals surface area contributed by atoms with Gasteiger partial charge in [-0.15, -0.1) is 0 Å². The van der Waals surface area contributed by atoms with E-state index in [2.05, 4.69) is 62.1 Å². The van der Waals surface area contributed by atoms with Crippen molar-refractivity contribution in [3.8, 4) is 0 Å². The molecule has 0 spiro atoms. The quantitative estimate of drug-likeness (QED) is 0.871. The number of benzene rings is 1. The first-order valence-electron chi connectivity index (χ1n) is 6.65. The van der Waals surface area contributed by atoms with Crippen LogP contribution in [0.15, 0.2) is 24.3 Å². The molecule has 1 saturated heterocycles. The van der Waals surface area contributed by atoms with Crippen LogP contribution in [0.3, 0.4) is 0 Å². The third kappa shape index (κ3) is 3.49. The van der Waals surface area contributed by atoms with Gasteiger partial charge >= 0.3 is 0 Å². The van der Waals surface area contributed by atoms with E-state index < -0.39 is 0 Å². The molecule has 1 nitrogen and oxygen atoms in total. The molecule has 0 aromatic heterocycles. The summed E-state index contributed by atoms with van der Waals surface area (Å²) in [6.07, 6.45) is 2.43. The lowest BCUT2D eigenvalue weighted by Crippen LogP contribution is -2.31. The Morgan fingerprint density at radius 2 is 2.06 bits per heavy atom. The number of nitrogens with one attached hydrogen (secondary N) is 1. The lowest BCUT2D eigenvalue weighted by molar-refractivity contribution is 0.474. The predicted octanol–water partition coefficient (Wildman–Crippen LogP) is 3.79. The van der Waals surface area contributed by atoms with Crippen LogP contribution in [0.4, 0.5) is 0 Å². The molecule has 2 heteroatoms. The summed E-state index contributed by atoms with van der Waals surface area (Å²) in [5.41, 5.74) is 2.83. The fourth-order valence-electron chi connectivity index (χ4n) is 2.43. The molecule has 0 aliphatic carbocycles. The molecule has 0 saturated carbocycles. The average Bonchev–Trinajstić information content (AvgIpc) is 2.75. The highest BCUT2D eigenvalue weighted by molar-refractivity contribution is 8.00. The van der Waals surface area contributed by atoms with E-state index in [9.17, 15) is 0 Å². The van der Waals surface area contributed by atoms with Crippen LogP contribution < -0.4 is 5.32 Å². The molecule has 1 heterocycles. The topological polar surface area (TPSA) is 12.0 Å². The molecule has 0 radical (unpaired) electrons. The van der Waals surface area contributed by atoms with Crippen molar-refractivity contribution in [3.05, 3.63) is 35.4 Å². The molecule has 3 atom stereocenters. The summed E-state index contributed by atoms with van der Waals surface area (Å²) in [5, 5.41) is 4.56. The van der Waals surface area contributed by atoms with Crippen LogP contribution in [-0.4, -0.2) is 17.0 Å². The molecule has 1 N–H and O–H groups in total. The second-order valence-electron chi connectivity index (χ2n) is 5.06. The molecule has 2 rings (SSSR count). The van der Waals surface area contributed by atoms with E-state index in [0.717, 1.165) is 11.7 Å². The fraction of sp³-hybridized carbons (Fsp3) is 0.600. The summed E-state index contributed by atoms with van der Waals surface area (Å²) < 4.78 is 0.